The number of H-pyrrole nitrogens is 2. The minimum atomic E-state index is -0.818. The van der Waals surface area contributed by atoms with Crippen molar-refractivity contribution in [1.82, 2.24) is 19.9 Å². The Morgan fingerprint density at radius 3 is 3.00 bits per heavy atom. The van der Waals surface area contributed by atoms with Crippen LogP contribution in [-0.2, 0) is 16.0 Å². The highest BCUT2D eigenvalue weighted by atomic mass is 32.1. The molecule has 2 heterocycles. The Kier molecular flexibility index (Phi) is 3.75. The summed E-state index contributed by atoms with van der Waals surface area (Å²) >= 11 is 5.19. The molecule has 1 aliphatic rings. The van der Waals surface area contributed by atoms with Gasteiger partial charge in [-0.25, -0.2) is 4.79 Å². The van der Waals surface area contributed by atoms with E-state index in [1.807, 2.05) is 0 Å². The summed E-state index contributed by atoms with van der Waals surface area (Å²) in [6.07, 6.45) is 2.53. The van der Waals surface area contributed by atoms with E-state index < -0.39 is 11.9 Å². The molecule has 3 N–H and O–H groups in total. The molecular formula is C13H16N4O4S. The zero-order valence-corrected chi connectivity index (χ0v) is 12.8. The van der Waals surface area contributed by atoms with Crippen molar-refractivity contribution in [3.05, 3.63) is 27.4 Å². The number of fused-ring (bicyclic) bond motifs is 1. The summed E-state index contributed by atoms with van der Waals surface area (Å²) in [5.74, 6) is -0.818. The molecule has 22 heavy (non-hydrogen) atoms. The topological polar surface area (TPSA) is 101 Å². The summed E-state index contributed by atoms with van der Waals surface area (Å²) in [7, 11) is 1.50. The lowest BCUT2D eigenvalue weighted by atomic mass is 10.4. The summed E-state index contributed by atoms with van der Waals surface area (Å²) < 4.78 is 13.0. The Bertz CT molecular complexity index is 817. The lowest BCUT2D eigenvalue weighted by Gasteiger charge is -2.17. The molecule has 1 aliphatic carbocycles. The van der Waals surface area contributed by atoms with E-state index in [0.29, 0.717) is 36.3 Å². The van der Waals surface area contributed by atoms with E-state index in [2.05, 4.69) is 15.3 Å². The maximum atomic E-state index is 11.7. The highest BCUT2D eigenvalue weighted by molar-refractivity contribution is 7.71. The van der Waals surface area contributed by atoms with E-state index in [4.69, 9.17) is 21.7 Å². The number of aromatic nitrogens is 3. The second-order valence-corrected chi connectivity index (χ2v) is 5.43. The van der Waals surface area contributed by atoms with Gasteiger partial charge < -0.3 is 24.3 Å². The fourth-order valence-electron chi connectivity index (χ4n) is 2.25. The first-order valence-electron chi connectivity index (χ1n) is 6.89. The molecule has 0 spiro atoms. The van der Waals surface area contributed by atoms with Crippen molar-refractivity contribution < 1.29 is 14.3 Å². The summed E-state index contributed by atoms with van der Waals surface area (Å²) in [6.45, 7) is 0.764. The van der Waals surface area contributed by atoms with Gasteiger partial charge in [-0.05, 0) is 18.3 Å². The van der Waals surface area contributed by atoms with E-state index in [1.54, 1.807) is 16.8 Å². The van der Waals surface area contributed by atoms with E-state index in [1.165, 1.54) is 7.05 Å². The lowest BCUT2D eigenvalue weighted by molar-refractivity contribution is -0.129. The van der Waals surface area contributed by atoms with E-state index in [-0.39, 0.29) is 5.56 Å². The summed E-state index contributed by atoms with van der Waals surface area (Å²) in [6, 6.07) is 1.79. The summed E-state index contributed by atoms with van der Waals surface area (Å²) in [5.41, 5.74) is 0.939. The molecule has 3 rings (SSSR count). The second-order valence-electron chi connectivity index (χ2n) is 5.05. The molecule has 0 radical (unpaired) electrons. The van der Waals surface area contributed by atoms with Gasteiger partial charge in [-0.15, -0.1) is 0 Å². The van der Waals surface area contributed by atoms with Gasteiger partial charge in [0.15, 0.2) is 4.77 Å². The van der Waals surface area contributed by atoms with Crippen molar-refractivity contribution in [2.75, 3.05) is 13.7 Å². The Hall–Kier alpha value is -2.13. The first kappa shape index (κ1) is 14.8. The summed E-state index contributed by atoms with van der Waals surface area (Å²) in [5, 5.41) is 2.40. The van der Waals surface area contributed by atoms with Crippen LogP contribution in [0.25, 0.3) is 11.0 Å². The number of amides is 1. The molecule has 0 bridgehead atoms. The van der Waals surface area contributed by atoms with E-state index in [9.17, 15) is 9.59 Å². The standard InChI is InChI=1S/C13H16N4O4S/c1-14-12(19)21-13(3-4-13)20-7-6-17-8-2-5-15-9(8)10(18)16-11(17)22/h2,5,15H,3-4,6-7H2,1H3,(H,14,19)(H,16,18,22). The average molecular weight is 324 g/mol. The van der Waals surface area contributed by atoms with Crippen molar-refractivity contribution in [2.24, 2.45) is 0 Å². The molecule has 1 saturated carbocycles. The average Bonchev–Trinajstić information content (AvgIpc) is 3.06. The number of carbonyl (C=O) groups is 1. The van der Waals surface area contributed by atoms with Gasteiger partial charge in [-0.3, -0.25) is 9.78 Å². The van der Waals surface area contributed by atoms with Crippen LogP contribution in [0.4, 0.5) is 4.79 Å². The number of hydrogen-bond acceptors (Lipinski definition) is 5. The van der Waals surface area contributed by atoms with Gasteiger partial charge >= 0.3 is 6.09 Å². The molecule has 2 aromatic rings. The molecule has 0 saturated heterocycles. The van der Waals surface area contributed by atoms with E-state index >= 15 is 0 Å². The Morgan fingerprint density at radius 2 is 2.32 bits per heavy atom. The van der Waals surface area contributed by atoms with Crippen molar-refractivity contribution in [1.29, 1.82) is 0 Å². The van der Waals surface area contributed by atoms with Crippen molar-refractivity contribution >= 4 is 29.3 Å². The molecule has 0 aromatic carbocycles. The van der Waals surface area contributed by atoms with Gasteiger partial charge in [0.05, 0.1) is 12.1 Å². The van der Waals surface area contributed by atoms with E-state index in [0.717, 1.165) is 5.52 Å². The quantitative estimate of drug-likeness (QED) is 0.567. The third kappa shape index (κ3) is 2.77. The largest absolute Gasteiger partial charge is 0.417 e. The third-order valence-electron chi connectivity index (χ3n) is 3.53. The maximum absolute atomic E-state index is 11.7. The molecule has 2 aromatic heterocycles. The number of nitrogens with zero attached hydrogens (tertiary/aromatic N) is 1. The lowest BCUT2D eigenvalue weighted by Crippen LogP contribution is -2.30. The fraction of sp³-hybridized carbons (Fsp3) is 0.462. The van der Waals surface area contributed by atoms with Crippen LogP contribution in [0.5, 0.6) is 0 Å². The predicted octanol–water partition coefficient (Wildman–Crippen LogP) is 1.25. The number of rotatable bonds is 5. The predicted molar refractivity (Wildman–Crippen MR) is 81.2 cm³/mol. The molecule has 0 aliphatic heterocycles. The van der Waals surface area contributed by atoms with Crippen LogP contribution >= 0.6 is 12.2 Å². The first-order valence-corrected chi connectivity index (χ1v) is 7.30. The van der Waals surface area contributed by atoms with Crippen molar-refractivity contribution in [3.8, 4) is 0 Å². The monoisotopic (exact) mass is 324 g/mol. The van der Waals surface area contributed by atoms with Crippen molar-refractivity contribution in [2.45, 2.75) is 25.2 Å². The van der Waals surface area contributed by atoms with Crippen LogP contribution in [0.1, 0.15) is 12.8 Å². The van der Waals surface area contributed by atoms with Crippen molar-refractivity contribution in [3.63, 3.8) is 0 Å². The number of nitrogens with one attached hydrogen (secondary N) is 3. The first-order chi connectivity index (χ1) is 10.5. The van der Waals surface area contributed by atoms with Gasteiger partial charge in [-0.2, -0.15) is 0 Å². The van der Waals surface area contributed by atoms with Crippen LogP contribution in [0.2, 0.25) is 0 Å². The van der Waals surface area contributed by atoms with Crippen LogP contribution < -0.4 is 10.9 Å². The molecule has 0 unspecified atom stereocenters. The van der Waals surface area contributed by atoms with Crippen LogP contribution in [0.3, 0.4) is 0 Å². The van der Waals surface area contributed by atoms with Gasteiger partial charge in [0.2, 0.25) is 5.79 Å². The van der Waals surface area contributed by atoms with Crippen LogP contribution in [0.15, 0.2) is 17.1 Å². The Labute approximate surface area is 130 Å². The van der Waals surface area contributed by atoms with Gasteiger partial charge in [0.1, 0.15) is 5.52 Å². The highest BCUT2D eigenvalue weighted by Gasteiger charge is 2.48. The Morgan fingerprint density at radius 1 is 1.55 bits per heavy atom. The number of aromatic amines is 2. The van der Waals surface area contributed by atoms with Crippen LogP contribution in [-0.4, -0.2) is 40.1 Å². The molecule has 118 valence electrons. The number of alkyl carbamates (subject to hydrolysis) is 1. The third-order valence-corrected chi connectivity index (χ3v) is 3.85. The number of hydrogen-bond donors (Lipinski definition) is 3. The SMILES string of the molecule is CNC(=O)OC1(OCCn2c(=S)[nH]c(=O)c3[nH]ccc32)CC1. The molecule has 1 amide bonds. The molecule has 0 atom stereocenters. The minimum Gasteiger partial charge on any atom is -0.417 e. The smallest absolute Gasteiger partial charge is 0.409 e. The molecule has 8 nitrogen and oxygen atoms in total. The maximum Gasteiger partial charge on any atom is 0.409 e. The summed E-state index contributed by atoms with van der Waals surface area (Å²) in [4.78, 5) is 28.5. The molecule has 1 fully saturated rings. The van der Waals surface area contributed by atoms with Crippen LogP contribution in [0, 0.1) is 4.77 Å². The normalized spacial score (nSPS) is 15.7. The molecular weight excluding hydrogens is 308 g/mol. The molecule has 9 heteroatoms. The van der Waals surface area contributed by atoms with Gasteiger partial charge in [-0.1, -0.05) is 0 Å². The number of carbonyl (C=O) groups excluding carboxylic acids is 1. The zero-order valence-electron chi connectivity index (χ0n) is 12.0. The highest BCUT2D eigenvalue weighted by Crippen LogP contribution is 2.40. The number of ether oxygens (including phenoxy) is 2. The minimum absolute atomic E-state index is 0.246. The second kappa shape index (κ2) is 5.58. The Balaban J connectivity index is 1.70. The fourth-order valence-corrected chi connectivity index (χ4v) is 2.53. The van der Waals surface area contributed by atoms with Gasteiger partial charge in [0.25, 0.3) is 5.56 Å². The van der Waals surface area contributed by atoms with Gasteiger partial charge in [0, 0.05) is 32.6 Å². The zero-order chi connectivity index (χ0) is 15.7.